The monoisotopic (exact) mass is 261 g/mol. The van der Waals surface area contributed by atoms with Crippen molar-refractivity contribution in [3.63, 3.8) is 0 Å². The normalized spacial score (nSPS) is 10.6. The summed E-state index contributed by atoms with van der Waals surface area (Å²) in [5.74, 6) is 0. The fourth-order valence-corrected chi connectivity index (χ4v) is 2.48. The van der Waals surface area contributed by atoms with E-state index in [1.165, 1.54) is 5.56 Å². The van der Waals surface area contributed by atoms with Gasteiger partial charge in [0.15, 0.2) is 0 Å². The maximum Gasteiger partial charge on any atom is 0.141 e. The molecule has 3 rings (SSSR count). The zero-order valence-electron chi connectivity index (χ0n) is 11.2. The van der Waals surface area contributed by atoms with Gasteiger partial charge in [0.25, 0.3) is 0 Å². The van der Waals surface area contributed by atoms with Gasteiger partial charge in [0.05, 0.1) is 5.56 Å². The predicted molar refractivity (Wildman–Crippen MR) is 79.2 cm³/mol. The Hall–Kier alpha value is -2.60. The second-order valence-electron chi connectivity index (χ2n) is 4.81. The molecule has 0 saturated carbocycles. The van der Waals surface area contributed by atoms with Gasteiger partial charge in [0, 0.05) is 24.3 Å². The zero-order valence-corrected chi connectivity index (χ0v) is 11.2. The molecular weight excluding hydrogens is 246 g/mol. The summed E-state index contributed by atoms with van der Waals surface area (Å²) < 4.78 is 2.08. The van der Waals surface area contributed by atoms with Crippen LogP contribution in [0.5, 0.6) is 0 Å². The number of nitriles is 1. The van der Waals surface area contributed by atoms with Crippen LogP contribution in [-0.2, 0) is 13.0 Å². The first-order valence-electron chi connectivity index (χ1n) is 6.76. The lowest BCUT2D eigenvalue weighted by atomic mass is 10.1. The third kappa shape index (κ3) is 2.41. The van der Waals surface area contributed by atoms with E-state index in [0.29, 0.717) is 5.56 Å². The standard InChI is InChI=1S/C17H15N3/c18-12-15-13-20(17-16(15)9-4-10-19-17)11-5-8-14-6-2-1-3-7-14/h1-4,6-7,9-10,13H,5,8,11H2. The number of nitrogens with zero attached hydrogens (tertiary/aromatic N) is 3. The van der Waals surface area contributed by atoms with Gasteiger partial charge in [-0.15, -0.1) is 0 Å². The molecule has 0 unspecified atom stereocenters. The number of hydrogen-bond donors (Lipinski definition) is 0. The Morgan fingerprint density at radius 2 is 1.95 bits per heavy atom. The van der Waals surface area contributed by atoms with Gasteiger partial charge in [-0.2, -0.15) is 5.26 Å². The average molecular weight is 261 g/mol. The Morgan fingerprint density at radius 3 is 2.75 bits per heavy atom. The summed E-state index contributed by atoms with van der Waals surface area (Å²) >= 11 is 0. The lowest BCUT2D eigenvalue weighted by Crippen LogP contribution is -1.99. The second kappa shape index (κ2) is 5.58. The molecule has 0 spiro atoms. The second-order valence-corrected chi connectivity index (χ2v) is 4.81. The molecule has 0 amide bonds. The maximum absolute atomic E-state index is 9.16. The van der Waals surface area contributed by atoms with Crippen molar-refractivity contribution in [2.24, 2.45) is 0 Å². The molecule has 3 aromatic rings. The van der Waals surface area contributed by atoms with Gasteiger partial charge in [0.2, 0.25) is 0 Å². The van der Waals surface area contributed by atoms with Crippen molar-refractivity contribution >= 4 is 11.0 Å². The van der Waals surface area contributed by atoms with Crippen LogP contribution in [0, 0.1) is 11.3 Å². The molecular formula is C17H15N3. The first kappa shape index (κ1) is 12.4. The van der Waals surface area contributed by atoms with Gasteiger partial charge in [0.1, 0.15) is 11.7 Å². The van der Waals surface area contributed by atoms with Gasteiger partial charge in [-0.25, -0.2) is 4.98 Å². The number of aryl methyl sites for hydroxylation is 2. The van der Waals surface area contributed by atoms with Crippen molar-refractivity contribution in [3.05, 3.63) is 66.0 Å². The molecule has 98 valence electrons. The number of benzene rings is 1. The lowest BCUT2D eigenvalue weighted by molar-refractivity contribution is 0.657. The summed E-state index contributed by atoms with van der Waals surface area (Å²) in [6.45, 7) is 0.879. The predicted octanol–water partition coefficient (Wildman–Crippen LogP) is 3.54. The fourth-order valence-electron chi connectivity index (χ4n) is 2.48. The Balaban J connectivity index is 1.77. The van der Waals surface area contributed by atoms with Crippen molar-refractivity contribution < 1.29 is 0 Å². The Bertz CT molecular complexity index is 751. The molecule has 0 radical (unpaired) electrons. The van der Waals surface area contributed by atoms with Crippen LogP contribution >= 0.6 is 0 Å². The molecule has 3 heteroatoms. The quantitative estimate of drug-likeness (QED) is 0.720. The molecule has 20 heavy (non-hydrogen) atoms. The van der Waals surface area contributed by atoms with Crippen LogP contribution in [0.15, 0.2) is 54.9 Å². The van der Waals surface area contributed by atoms with Crippen LogP contribution in [0.4, 0.5) is 0 Å². The van der Waals surface area contributed by atoms with E-state index in [1.54, 1.807) is 6.20 Å². The minimum absolute atomic E-state index is 0.702. The zero-order chi connectivity index (χ0) is 13.8. The SMILES string of the molecule is N#Cc1cn(CCCc2ccccc2)c2ncccc12. The van der Waals surface area contributed by atoms with Crippen molar-refractivity contribution in [2.45, 2.75) is 19.4 Å². The third-order valence-electron chi connectivity index (χ3n) is 3.46. The molecule has 3 nitrogen and oxygen atoms in total. The summed E-state index contributed by atoms with van der Waals surface area (Å²) in [6, 6.07) is 16.5. The summed E-state index contributed by atoms with van der Waals surface area (Å²) in [5.41, 5.74) is 2.95. The van der Waals surface area contributed by atoms with Gasteiger partial charge in [-0.3, -0.25) is 0 Å². The van der Waals surface area contributed by atoms with Crippen molar-refractivity contribution in [1.82, 2.24) is 9.55 Å². The van der Waals surface area contributed by atoms with Crippen molar-refractivity contribution in [3.8, 4) is 6.07 Å². The van der Waals surface area contributed by atoms with Crippen LogP contribution in [0.2, 0.25) is 0 Å². The summed E-state index contributed by atoms with van der Waals surface area (Å²) in [7, 11) is 0. The highest BCUT2D eigenvalue weighted by atomic mass is 15.0. The van der Waals surface area contributed by atoms with Crippen LogP contribution < -0.4 is 0 Å². The molecule has 0 aliphatic carbocycles. The van der Waals surface area contributed by atoms with Crippen LogP contribution in [0.25, 0.3) is 11.0 Å². The largest absolute Gasteiger partial charge is 0.331 e. The number of hydrogen-bond acceptors (Lipinski definition) is 2. The third-order valence-corrected chi connectivity index (χ3v) is 3.46. The lowest BCUT2D eigenvalue weighted by Gasteiger charge is -2.04. The van der Waals surface area contributed by atoms with E-state index in [0.717, 1.165) is 30.4 Å². The first-order chi connectivity index (χ1) is 9.88. The van der Waals surface area contributed by atoms with Gasteiger partial charge in [-0.05, 0) is 30.5 Å². The van der Waals surface area contributed by atoms with E-state index < -0.39 is 0 Å². The van der Waals surface area contributed by atoms with E-state index in [-0.39, 0.29) is 0 Å². The smallest absolute Gasteiger partial charge is 0.141 e. The molecule has 0 bridgehead atoms. The number of pyridine rings is 1. The van der Waals surface area contributed by atoms with E-state index in [1.807, 2.05) is 24.4 Å². The van der Waals surface area contributed by atoms with Gasteiger partial charge in [-0.1, -0.05) is 30.3 Å². The van der Waals surface area contributed by atoms with E-state index in [4.69, 9.17) is 5.26 Å². The molecule has 1 aromatic carbocycles. The number of aromatic nitrogens is 2. The number of fused-ring (bicyclic) bond motifs is 1. The van der Waals surface area contributed by atoms with Crippen LogP contribution in [0.1, 0.15) is 17.5 Å². The Kier molecular flexibility index (Phi) is 3.47. The fraction of sp³-hybridized carbons (Fsp3) is 0.176. The molecule has 2 heterocycles. The summed E-state index contributed by atoms with van der Waals surface area (Å²) in [5, 5.41) is 10.1. The Morgan fingerprint density at radius 1 is 1.10 bits per heavy atom. The summed E-state index contributed by atoms with van der Waals surface area (Å²) in [6.07, 6.45) is 5.75. The minimum atomic E-state index is 0.702. The van der Waals surface area contributed by atoms with Gasteiger partial charge >= 0.3 is 0 Å². The summed E-state index contributed by atoms with van der Waals surface area (Å²) in [4.78, 5) is 4.39. The topological polar surface area (TPSA) is 41.6 Å². The van der Waals surface area contributed by atoms with E-state index in [9.17, 15) is 0 Å². The molecule has 0 aliphatic rings. The molecule has 0 fully saturated rings. The molecule has 2 aromatic heterocycles. The Labute approximate surface area is 118 Å². The first-order valence-corrected chi connectivity index (χ1v) is 6.76. The number of rotatable bonds is 4. The molecule has 0 aliphatic heterocycles. The van der Waals surface area contributed by atoms with Crippen molar-refractivity contribution in [1.29, 1.82) is 5.26 Å². The maximum atomic E-state index is 9.16. The van der Waals surface area contributed by atoms with E-state index in [2.05, 4.69) is 39.9 Å². The average Bonchev–Trinajstić information content (AvgIpc) is 2.87. The van der Waals surface area contributed by atoms with Crippen molar-refractivity contribution in [2.75, 3.05) is 0 Å². The minimum Gasteiger partial charge on any atom is -0.331 e. The van der Waals surface area contributed by atoms with Crippen LogP contribution in [-0.4, -0.2) is 9.55 Å². The molecule has 0 N–H and O–H groups in total. The van der Waals surface area contributed by atoms with Crippen LogP contribution in [0.3, 0.4) is 0 Å². The highest BCUT2D eigenvalue weighted by Crippen LogP contribution is 2.19. The van der Waals surface area contributed by atoms with E-state index >= 15 is 0 Å². The molecule has 0 saturated heterocycles. The highest BCUT2D eigenvalue weighted by Gasteiger charge is 2.08. The van der Waals surface area contributed by atoms with Gasteiger partial charge < -0.3 is 4.57 Å². The molecule has 0 atom stereocenters. The highest BCUT2D eigenvalue weighted by molar-refractivity contribution is 5.83.